The van der Waals surface area contributed by atoms with Gasteiger partial charge in [-0.2, -0.15) is 0 Å². The van der Waals surface area contributed by atoms with Crippen LogP contribution in [-0.4, -0.2) is 56.6 Å². The van der Waals surface area contributed by atoms with Gasteiger partial charge < -0.3 is 14.7 Å². The molecule has 3 heterocycles. The molecule has 2 aromatic carbocycles. The number of hydrogen-bond donors (Lipinski definition) is 2. The summed E-state index contributed by atoms with van der Waals surface area (Å²) in [6.45, 7) is 5.96. The van der Waals surface area contributed by atoms with E-state index in [1.165, 1.54) is 11.1 Å². The van der Waals surface area contributed by atoms with Crippen LogP contribution >= 0.6 is 11.6 Å². The molecule has 2 N–H and O–H groups in total. The molecule has 9 heteroatoms. The molecular formula is C39H48ClN3O4S. The summed E-state index contributed by atoms with van der Waals surface area (Å²) in [4.78, 5) is 20.7. The van der Waals surface area contributed by atoms with E-state index in [0.29, 0.717) is 25.0 Å². The van der Waals surface area contributed by atoms with Crippen LogP contribution in [0.3, 0.4) is 0 Å². The number of carbonyl (C=O) groups excluding carboxylic acids is 1. The van der Waals surface area contributed by atoms with Crippen LogP contribution in [0.2, 0.25) is 5.02 Å². The van der Waals surface area contributed by atoms with E-state index in [1.807, 2.05) is 43.3 Å². The molecule has 1 unspecified atom stereocenters. The first-order chi connectivity index (χ1) is 23.0. The highest BCUT2D eigenvalue weighted by molar-refractivity contribution is 7.99. The number of benzene rings is 2. The van der Waals surface area contributed by atoms with Crippen molar-refractivity contribution in [1.29, 1.82) is 0 Å². The first-order valence-electron chi connectivity index (χ1n) is 17.6. The Kier molecular flexibility index (Phi) is 9.05. The van der Waals surface area contributed by atoms with E-state index < -0.39 is 15.3 Å². The minimum absolute atomic E-state index is 0.0415. The summed E-state index contributed by atoms with van der Waals surface area (Å²) < 4.78 is 23.4. The number of fused-ring (bicyclic) bond motifs is 4. The molecule has 1 fully saturated rings. The van der Waals surface area contributed by atoms with Gasteiger partial charge in [0.1, 0.15) is 5.75 Å². The molecule has 1 amide bonds. The Morgan fingerprint density at radius 1 is 1.10 bits per heavy atom. The Morgan fingerprint density at radius 3 is 2.73 bits per heavy atom. The number of amides is 1. The molecule has 48 heavy (non-hydrogen) atoms. The Labute approximate surface area is 290 Å². The maximum Gasteiger partial charge on any atom is 0.262 e. The molecule has 1 saturated carbocycles. The number of anilines is 1. The summed E-state index contributed by atoms with van der Waals surface area (Å²) in [5.41, 5.74) is 3.59. The van der Waals surface area contributed by atoms with Crippen molar-refractivity contribution in [2.45, 2.75) is 87.9 Å². The third-order valence-electron chi connectivity index (χ3n) is 12.0. The van der Waals surface area contributed by atoms with E-state index in [0.717, 1.165) is 80.2 Å². The second-order valence-corrected chi connectivity index (χ2v) is 17.9. The topological polar surface area (TPSA) is 91.8 Å². The summed E-state index contributed by atoms with van der Waals surface area (Å²) in [6, 6.07) is 17.7. The average Bonchev–Trinajstić information content (AvgIpc) is 3.19. The molecule has 0 saturated heterocycles. The maximum atomic E-state index is 13.9. The molecule has 4 aliphatic rings. The highest BCUT2D eigenvalue weighted by atomic mass is 35.5. The average molecular weight is 690 g/mol. The molecule has 2 aliphatic heterocycles. The van der Waals surface area contributed by atoms with Crippen molar-refractivity contribution in [3.63, 3.8) is 0 Å². The van der Waals surface area contributed by atoms with Crippen molar-refractivity contribution in [1.82, 2.24) is 9.71 Å². The van der Waals surface area contributed by atoms with Crippen molar-refractivity contribution in [2.75, 3.05) is 24.6 Å². The van der Waals surface area contributed by atoms with Crippen LogP contribution in [0.4, 0.5) is 5.69 Å². The highest BCUT2D eigenvalue weighted by Crippen LogP contribution is 2.49. The van der Waals surface area contributed by atoms with Crippen LogP contribution in [0.1, 0.15) is 86.0 Å². The number of rotatable bonds is 2. The Balaban J connectivity index is 1.31. The van der Waals surface area contributed by atoms with Gasteiger partial charge in [-0.25, -0.2) is 4.21 Å². The van der Waals surface area contributed by atoms with E-state index in [1.54, 1.807) is 12.3 Å². The van der Waals surface area contributed by atoms with Crippen LogP contribution in [-0.2, 0) is 28.0 Å². The van der Waals surface area contributed by atoms with Gasteiger partial charge in [0.2, 0.25) is 0 Å². The summed E-state index contributed by atoms with van der Waals surface area (Å²) in [7, 11) is -2.95. The zero-order valence-corrected chi connectivity index (χ0v) is 29.7. The normalized spacial score (nSPS) is 33.8. The lowest BCUT2D eigenvalue weighted by atomic mass is 9.61. The molecule has 256 valence electrons. The van der Waals surface area contributed by atoms with Gasteiger partial charge >= 0.3 is 0 Å². The van der Waals surface area contributed by atoms with Crippen LogP contribution in [0.25, 0.3) is 0 Å². The smallest absolute Gasteiger partial charge is 0.262 e. The number of aromatic nitrogens is 1. The van der Waals surface area contributed by atoms with Gasteiger partial charge in [-0.1, -0.05) is 37.1 Å². The summed E-state index contributed by atoms with van der Waals surface area (Å²) in [5, 5.41) is 13.0. The minimum Gasteiger partial charge on any atom is -0.490 e. The van der Waals surface area contributed by atoms with Gasteiger partial charge in [0, 0.05) is 52.7 Å². The number of halogens is 1. The predicted molar refractivity (Wildman–Crippen MR) is 195 cm³/mol. The van der Waals surface area contributed by atoms with Crippen LogP contribution in [0.5, 0.6) is 5.75 Å². The fourth-order valence-corrected chi connectivity index (χ4v) is 10.6. The van der Waals surface area contributed by atoms with E-state index in [-0.39, 0.29) is 34.3 Å². The number of pyridine rings is 1. The number of aliphatic hydroxyl groups is 1. The molecule has 7 rings (SSSR count). The van der Waals surface area contributed by atoms with Gasteiger partial charge in [0.25, 0.3) is 5.91 Å². The lowest BCUT2D eigenvalue weighted by molar-refractivity contribution is -0.0886. The Hall–Kier alpha value is -3.07. The monoisotopic (exact) mass is 689 g/mol. The largest absolute Gasteiger partial charge is 0.490 e. The second kappa shape index (κ2) is 13.0. The number of hydrogen-bond acceptors (Lipinski definition) is 6. The van der Waals surface area contributed by atoms with Gasteiger partial charge in [-0.3, -0.25) is 14.5 Å². The van der Waals surface area contributed by atoms with E-state index in [9.17, 15) is 14.1 Å². The van der Waals surface area contributed by atoms with Gasteiger partial charge in [0.15, 0.2) is 0 Å². The van der Waals surface area contributed by atoms with Crippen molar-refractivity contribution >= 4 is 38.8 Å². The van der Waals surface area contributed by atoms with Crippen molar-refractivity contribution < 1.29 is 18.8 Å². The number of ether oxygens (including phenoxy) is 1. The molecule has 3 aromatic rings. The van der Waals surface area contributed by atoms with E-state index >= 15 is 0 Å². The fourth-order valence-electron chi connectivity index (χ4n) is 8.90. The standard InChI is InChI=1S/C39H48ClN3O4S/c1-26-8-6-18-39(45,22-32-10-4-5-19-41-32)34-14-11-30(34)23-43-24-38(17-7-9-28-20-31(40)13-15-33(28)38)25-47-36-16-12-29(21-35(36)43)37(44)42-48(3,46)27(26)2/h4-5,10,12-13,15-16,19-21,26-27,30,34,45H,3,6-9,11,14,17-18,22-25H2,1-2H3,(H,42,44,46)/t26-,27+,30-,34+,38-,39-,48?/m0/s1. The molecule has 2 aliphatic carbocycles. The number of nitrogens with one attached hydrogen (secondary N) is 1. The Bertz CT molecular complexity index is 1780. The molecule has 1 aromatic heterocycles. The van der Waals surface area contributed by atoms with Gasteiger partial charge in [-0.05, 0) is 129 Å². The zero-order valence-electron chi connectivity index (χ0n) is 28.1. The first kappa shape index (κ1) is 33.4. The van der Waals surface area contributed by atoms with E-state index in [4.69, 9.17) is 16.3 Å². The number of aryl methyl sites for hydroxylation is 1. The first-order valence-corrected chi connectivity index (χ1v) is 19.7. The summed E-state index contributed by atoms with van der Waals surface area (Å²) >= 11 is 6.47. The van der Waals surface area contributed by atoms with Crippen LogP contribution < -0.4 is 14.4 Å². The summed E-state index contributed by atoms with van der Waals surface area (Å²) in [6.07, 6.45) is 9.49. The zero-order chi connectivity index (χ0) is 33.7. The van der Waals surface area contributed by atoms with Gasteiger partial charge in [0.05, 0.1) is 27.6 Å². The Morgan fingerprint density at radius 2 is 1.96 bits per heavy atom. The lowest BCUT2D eigenvalue weighted by Crippen LogP contribution is -2.54. The molecule has 7 atom stereocenters. The highest BCUT2D eigenvalue weighted by Gasteiger charge is 2.49. The van der Waals surface area contributed by atoms with Crippen molar-refractivity contribution in [3.8, 4) is 5.75 Å². The summed E-state index contributed by atoms with van der Waals surface area (Å²) in [5.74, 6) is 4.78. The van der Waals surface area contributed by atoms with E-state index in [2.05, 4.69) is 39.5 Å². The molecule has 1 spiro atoms. The quantitative estimate of drug-likeness (QED) is 0.289. The second-order valence-electron chi connectivity index (χ2n) is 15.1. The van der Waals surface area contributed by atoms with Crippen molar-refractivity contribution in [2.24, 2.45) is 17.8 Å². The molecular weight excluding hydrogens is 642 g/mol. The van der Waals surface area contributed by atoms with Crippen molar-refractivity contribution in [3.05, 3.63) is 88.2 Å². The van der Waals surface area contributed by atoms with Gasteiger partial charge in [-0.15, -0.1) is 0 Å². The van der Waals surface area contributed by atoms with Crippen LogP contribution in [0.15, 0.2) is 60.8 Å². The third-order valence-corrected chi connectivity index (χ3v) is 14.4. The molecule has 2 bridgehead atoms. The van der Waals surface area contributed by atoms with Crippen LogP contribution in [0, 0.1) is 17.8 Å². The maximum absolute atomic E-state index is 13.9. The lowest BCUT2D eigenvalue weighted by Gasteiger charge is -2.50. The predicted octanol–water partition coefficient (Wildman–Crippen LogP) is 6.78. The minimum atomic E-state index is -2.95. The molecule has 7 nitrogen and oxygen atoms in total. The molecule has 0 radical (unpaired) electrons. The third kappa shape index (κ3) is 6.36. The fraction of sp³-hybridized carbons (Fsp3) is 0.513. The number of carbonyl (C=O) groups is 1. The SMILES string of the molecule is C=S1(=O)NC(=O)c2ccc3c(c2)N(C[C@@H]2CC[C@H]2[C@@](O)(Cc2ccccn2)CCC[C@H](C)[C@H]1C)C[C@@]1(CCCc2cc(Cl)ccc21)CO3. The number of nitrogens with zero attached hydrogens (tertiary/aromatic N) is 2.